The van der Waals surface area contributed by atoms with Crippen molar-refractivity contribution in [1.82, 2.24) is 10.3 Å². The molecule has 8 heteroatoms. The van der Waals surface area contributed by atoms with Gasteiger partial charge in [-0.05, 0) is 12.1 Å². The van der Waals surface area contributed by atoms with Crippen LogP contribution in [0.2, 0.25) is 0 Å². The van der Waals surface area contributed by atoms with Gasteiger partial charge in [0.15, 0.2) is 0 Å². The normalized spacial score (nSPS) is 20.8. The SMILES string of the molecule is COC(=O)C1(C(F)F)NC=C(Cl)C=C1c1ccncc1OC. The van der Waals surface area contributed by atoms with E-state index in [4.69, 9.17) is 16.3 Å². The van der Waals surface area contributed by atoms with Gasteiger partial charge in [0.05, 0.1) is 25.4 Å². The number of nitrogens with zero attached hydrogens (tertiary/aromatic N) is 1. The zero-order valence-corrected chi connectivity index (χ0v) is 12.5. The number of carbonyl (C=O) groups is 1. The number of hydrogen-bond donors (Lipinski definition) is 1. The fourth-order valence-electron chi connectivity index (χ4n) is 2.21. The van der Waals surface area contributed by atoms with Crippen molar-refractivity contribution in [2.45, 2.75) is 12.0 Å². The Morgan fingerprint density at radius 3 is 2.77 bits per heavy atom. The van der Waals surface area contributed by atoms with E-state index in [-0.39, 0.29) is 21.9 Å². The number of allylic oxidation sites excluding steroid dienone is 2. The fourth-order valence-corrected chi connectivity index (χ4v) is 2.37. The van der Waals surface area contributed by atoms with Crippen molar-refractivity contribution in [3.8, 4) is 5.75 Å². The topological polar surface area (TPSA) is 60.5 Å². The molecule has 0 radical (unpaired) electrons. The Kier molecular flexibility index (Phi) is 4.65. The van der Waals surface area contributed by atoms with Crippen LogP contribution in [0.5, 0.6) is 5.75 Å². The van der Waals surface area contributed by atoms with E-state index in [2.05, 4.69) is 15.0 Å². The van der Waals surface area contributed by atoms with Crippen molar-refractivity contribution in [3.63, 3.8) is 0 Å². The lowest BCUT2D eigenvalue weighted by Gasteiger charge is -2.35. The summed E-state index contributed by atoms with van der Waals surface area (Å²) < 4.78 is 37.3. The molecule has 0 spiro atoms. The number of carbonyl (C=O) groups excluding carboxylic acids is 1. The largest absolute Gasteiger partial charge is 0.494 e. The molecule has 22 heavy (non-hydrogen) atoms. The highest BCUT2D eigenvalue weighted by Crippen LogP contribution is 2.40. The maximum absolute atomic E-state index is 13.8. The van der Waals surface area contributed by atoms with Crippen LogP contribution in [-0.4, -0.2) is 37.1 Å². The maximum Gasteiger partial charge on any atom is 0.342 e. The van der Waals surface area contributed by atoms with Crippen molar-refractivity contribution in [2.75, 3.05) is 14.2 Å². The van der Waals surface area contributed by atoms with Crippen LogP contribution >= 0.6 is 11.6 Å². The number of nitrogens with one attached hydrogen (secondary N) is 1. The molecular formula is C14H13ClF2N2O3. The summed E-state index contributed by atoms with van der Waals surface area (Å²) in [5.74, 6) is -0.899. The third-order valence-corrected chi connectivity index (χ3v) is 3.49. The Bertz CT molecular complexity index is 649. The van der Waals surface area contributed by atoms with E-state index in [0.29, 0.717) is 0 Å². The van der Waals surface area contributed by atoms with Crippen molar-refractivity contribution in [3.05, 3.63) is 41.3 Å². The Labute approximate surface area is 130 Å². The van der Waals surface area contributed by atoms with E-state index in [1.54, 1.807) is 0 Å². The van der Waals surface area contributed by atoms with Gasteiger partial charge in [-0.15, -0.1) is 0 Å². The zero-order chi connectivity index (χ0) is 16.3. The highest BCUT2D eigenvalue weighted by molar-refractivity contribution is 6.32. The first kappa shape index (κ1) is 16.2. The Morgan fingerprint density at radius 1 is 1.45 bits per heavy atom. The van der Waals surface area contributed by atoms with Crippen LogP contribution in [0.1, 0.15) is 5.56 Å². The third kappa shape index (κ3) is 2.52. The quantitative estimate of drug-likeness (QED) is 0.859. The van der Waals surface area contributed by atoms with Gasteiger partial charge in [-0.2, -0.15) is 0 Å². The van der Waals surface area contributed by atoms with Gasteiger partial charge in [0.1, 0.15) is 5.75 Å². The van der Waals surface area contributed by atoms with Crippen LogP contribution in [0.3, 0.4) is 0 Å². The minimum Gasteiger partial charge on any atom is -0.494 e. The van der Waals surface area contributed by atoms with E-state index < -0.39 is 17.9 Å². The molecule has 1 aliphatic rings. The second-order valence-corrected chi connectivity index (χ2v) is 4.84. The molecule has 1 N–H and O–H groups in total. The molecule has 0 aliphatic carbocycles. The van der Waals surface area contributed by atoms with Crippen LogP contribution in [0.15, 0.2) is 35.8 Å². The van der Waals surface area contributed by atoms with E-state index in [0.717, 1.165) is 13.3 Å². The van der Waals surface area contributed by atoms with Crippen LogP contribution < -0.4 is 10.1 Å². The van der Waals surface area contributed by atoms with Gasteiger partial charge in [-0.3, -0.25) is 4.98 Å². The molecular weight excluding hydrogens is 318 g/mol. The minimum atomic E-state index is -3.08. The van der Waals surface area contributed by atoms with Crippen LogP contribution in [-0.2, 0) is 9.53 Å². The second kappa shape index (κ2) is 6.31. The smallest absolute Gasteiger partial charge is 0.342 e. The summed E-state index contributed by atoms with van der Waals surface area (Å²) in [5, 5.41) is 2.53. The van der Waals surface area contributed by atoms with Gasteiger partial charge in [-0.1, -0.05) is 11.6 Å². The molecule has 0 bridgehead atoms. The predicted octanol–water partition coefficient (Wildman–Crippen LogP) is 2.33. The van der Waals surface area contributed by atoms with E-state index in [1.807, 2.05) is 0 Å². The van der Waals surface area contributed by atoms with Crippen molar-refractivity contribution in [2.24, 2.45) is 0 Å². The average Bonchev–Trinajstić information content (AvgIpc) is 2.53. The third-order valence-electron chi connectivity index (χ3n) is 3.27. The summed E-state index contributed by atoms with van der Waals surface area (Å²) in [6.45, 7) is 0. The predicted molar refractivity (Wildman–Crippen MR) is 76.6 cm³/mol. The summed E-state index contributed by atoms with van der Waals surface area (Å²) in [6.07, 6.45) is 2.08. The number of hydrogen-bond acceptors (Lipinski definition) is 5. The van der Waals surface area contributed by atoms with Crippen molar-refractivity contribution >= 4 is 23.1 Å². The summed E-state index contributed by atoms with van der Waals surface area (Å²) in [6, 6.07) is 1.46. The van der Waals surface area contributed by atoms with Gasteiger partial charge in [-0.25, -0.2) is 13.6 Å². The Hall–Kier alpha value is -2.15. The van der Waals surface area contributed by atoms with Gasteiger partial charge in [0.2, 0.25) is 5.54 Å². The first-order chi connectivity index (χ1) is 10.5. The Morgan fingerprint density at radius 2 is 2.18 bits per heavy atom. The molecule has 0 saturated heterocycles. The second-order valence-electron chi connectivity index (χ2n) is 4.41. The number of esters is 1. The lowest BCUT2D eigenvalue weighted by atomic mass is 9.83. The first-order valence-electron chi connectivity index (χ1n) is 6.17. The molecule has 0 fully saturated rings. The lowest BCUT2D eigenvalue weighted by Crippen LogP contribution is -2.58. The monoisotopic (exact) mass is 330 g/mol. The number of pyridine rings is 1. The van der Waals surface area contributed by atoms with Gasteiger partial charge in [0, 0.05) is 23.5 Å². The number of alkyl halides is 2. The van der Waals surface area contributed by atoms with Crippen LogP contribution in [0.25, 0.3) is 5.57 Å². The summed E-state index contributed by atoms with van der Waals surface area (Å²) in [4.78, 5) is 15.9. The Balaban J connectivity index is 2.70. The standard InChI is InChI=1S/C14H13ClF2N2O3/c1-21-11-7-18-4-3-9(11)10-5-8(15)6-19-14(10,12(16)17)13(20)22-2/h3-7,12,19H,1-2H3. The van der Waals surface area contributed by atoms with E-state index >= 15 is 0 Å². The number of ether oxygens (including phenoxy) is 2. The number of halogens is 3. The molecule has 2 rings (SSSR count). The van der Waals surface area contributed by atoms with Gasteiger partial charge >= 0.3 is 5.97 Å². The molecule has 0 aromatic carbocycles. The average molecular weight is 331 g/mol. The highest BCUT2D eigenvalue weighted by Gasteiger charge is 2.53. The summed E-state index contributed by atoms with van der Waals surface area (Å²) >= 11 is 5.91. The molecule has 1 aromatic heterocycles. The summed E-state index contributed by atoms with van der Waals surface area (Å²) in [7, 11) is 2.41. The number of dihydropyridines is 1. The molecule has 0 saturated carbocycles. The number of aromatic nitrogens is 1. The van der Waals surface area contributed by atoms with Crippen LogP contribution in [0.4, 0.5) is 8.78 Å². The first-order valence-corrected chi connectivity index (χ1v) is 6.55. The lowest BCUT2D eigenvalue weighted by molar-refractivity contribution is -0.151. The molecule has 1 aromatic rings. The zero-order valence-electron chi connectivity index (χ0n) is 11.8. The number of rotatable bonds is 4. The van der Waals surface area contributed by atoms with E-state index in [9.17, 15) is 13.6 Å². The fraction of sp³-hybridized carbons (Fsp3) is 0.286. The van der Waals surface area contributed by atoms with Gasteiger partial charge < -0.3 is 14.8 Å². The van der Waals surface area contributed by atoms with Crippen molar-refractivity contribution < 1.29 is 23.0 Å². The number of methoxy groups -OCH3 is 2. The molecule has 1 unspecified atom stereocenters. The minimum absolute atomic E-state index is 0.0545. The van der Waals surface area contributed by atoms with Gasteiger partial charge in [0.25, 0.3) is 6.43 Å². The van der Waals surface area contributed by atoms with Crippen molar-refractivity contribution in [1.29, 1.82) is 0 Å². The molecule has 2 heterocycles. The molecule has 5 nitrogen and oxygen atoms in total. The molecule has 1 atom stereocenters. The summed E-state index contributed by atoms with van der Waals surface area (Å²) in [5.41, 5.74) is -2.16. The maximum atomic E-state index is 13.8. The highest BCUT2D eigenvalue weighted by atomic mass is 35.5. The van der Waals surface area contributed by atoms with Crippen LogP contribution in [0, 0.1) is 0 Å². The molecule has 118 valence electrons. The van der Waals surface area contributed by atoms with E-state index in [1.165, 1.54) is 31.6 Å². The molecule has 0 amide bonds. The molecule has 1 aliphatic heterocycles.